The topological polar surface area (TPSA) is 38.7 Å². The lowest BCUT2D eigenvalue weighted by molar-refractivity contribution is -0.123. The van der Waals surface area contributed by atoms with Crippen LogP contribution < -0.4 is 0 Å². The highest BCUT2D eigenvalue weighted by Crippen LogP contribution is 2.62. The standard InChI is InChI=1S/C11H17NO2/c1-10(2)7-5-6-11(10,3)9(13)8(7)12-14-4/h7H,5-6H2,1-4H3. The van der Waals surface area contributed by atoms with Gasteiger partial charge in [0.1, 0.15) is 12.8 Å². The number of carbonyl (C=O) groups excluding carboxylic acids is 1. The molecule has 0 aromatic carbocycles. The fourth-order valence-corrected chi connectivity index (χ4v) is 3.03. The fourth-order valence-electron chi connectivity index (χ4n) is 3.03. The van der Waals surface area contributed by atoms with Crippen molar-refractivity contribution in [3.05, 3.63) is 0 Å². The molecular formula is C11H17NO2. The first-order chi connectivity index (χ1) is 6.45. The van der Waals surface area contributed by atoms with Crippen LogP contribution in [0.1, 0.15) is 33.6 Å². The van der Waals surface area contributed by atoms with Crippen molar-refractivity contribution in [3.8, 4) is 0 Å². The van der Waals surface area contributed by atoms with E-state index in [2.05, 4.69) is 25.9 Å². The monoisotopic (exact) mass is 195 g/mol. The number of oxime groups is 1. The largest absolute Gasteiger partial charge is 0.399 e. The maximum absolute atomic E-state index is 12.1. The predicted octanol–water partition coefficient (Wildman–Crippen LogP) is 2.01. The lowest BCUT2D eigenvalue weighted by atomic mass is 9.70. The molecule has 0 radical (unpaired) electrons. The zero-order valence-electron chi connectivity index (χ0n) is 9.26. The van der Waals surface area contributed by atoms with E-state index < -0.39 is 0 Å². The molecular weight excluding hydrogens is 178 g/mol. The first-order valence-corrected chi connectivity index (χ1v) is 5.11. The van der Waals surface area contributed by atoms with Gasteiger partial charge in [-0.3, -0.25) is 4.79 Å². The van der Waals surface area contributed by atoms with Gasteiger partial charge in [-0.25, -0.2) is 0 Å². The van der Waals surface area contributed by atoms with Gasteiger partial charge < -0.3 is 4.84 Å². The normalized spacial score (nSPS) is 42.1. The third-order valence-corrected chi connectivity index (χ3v) is 4.48. The molecule has 0 aromatic heterocycles. The quantitative estimate of drug-likeness (QED) is 0.600. The van der Waals surface area contributed by atoms with Crippen molar-refractivity contribution in [1.82, 2.24) is 0 Å². The van der Waals surface area contributed by atoms with Gasteiger partial charge >= 0.3 is 0 Å². The Morgan fingerprint density at radius 3 is 2.50 bits per heavy atom. The summed E-state index contributed by atoms with van der Waals surface area (Å²) in [5.74, 6) is 0.487. The van der Waals surface area contributed by atoms with E-state index in [0.29, 0.717) is 11.6 Å². The Kier molecular flexibility index (Phi) is 1.79. The molecule has 3 heteroatoms. The molecule has 0 heterocycles. The van der Waals surface area contributed by atoms with Crippen LogP contribution in [-0.4, -0.2) is 18.6 Å². The van der Waals surface area contributed by atoms with Crippen molar-refractivity contribution in [2.24, 2.45) is 21.9 Å². The molecule has 2 rings (SSSR count). The fraction of sp³-hybridized carbons (Fsp3) is 0.818. The molecule has 0 amide bonds. The lowest BCUT2D eigenvalue weighted by Crippen LogP contribution is -2.33. The van der Waals surface area contributed by atoms with Crippen LogP contribution >= 0.6 is 0 Å². The van der Waals surface area contributed by atoms with Crippen molar-refractivity contribution in [2.75, 3.05) is 7.11 Å². The first-order valence-electron chi connectivity index (χ1n) is 5.11. The summed E-state index contributed by atoms with van der Waals surface area (Å²) in [6.45, 7) is 6.40. The number of carbonyl (C=O) groups is 1. The Hall–Kier alpha value is -0.860. The Morgan fingerprint density at radius 1 is 1.43 bits per heavy atom. The van der Waals surface area contributed by atoms with Crippen LogP contribution in [0.4, 0.5) is 0 Å². The van der Waals surface area contributed by atoms with Gasteiger partial charge in [-0.2, -0.15) is 0 Å². The molecule has 2 aliphatic carbocycles. The third kappa shape index (κ3) is 0.830. The number of fused-ring (bicyclic) bond motifs is 2. The van der Waals surface area contributed by atoms with Gasteiger partial charge in [-0.1, -0.05) is 25.9 Å². The van der Waals surface area contributed by atoms with E-state index in [1.807, 2.05) is 0 Å². The van der Waals surface area contributed by atoms with Crippen molar-refractivity contribution in [1.29, 1.82) is 0 Å². The SMILES string of the molecule is CON=C1C(=O)C2(C)CCC1C2(C)C. The molecule has 2 saturated carbocycles. The average Bonchev–Trinajstić information content (AvgIpc) is 2.41. The Morgan fingerprint density at radius 2 is 2.07 bits per heavy atom. The zero-order chi connectivity index (χ0) is 10.6. The molecule has 14 heavy (non-hydrogen) atoms. The molecule has 2 fully saturated rings. The van der Waals surface area contributed by atoms with Crippen LogP contribution in [0.5, 0.6) is 0 Å². The van der Waals surface area contributed by atoms with Gasteiger partial charge in [0.05, 0.1) is 0 Å². The molecule has 3 nitrogen and oxygen atoms in total. The minimum atomic E-state index is -0.213. The van der Waals surface area contributed by atoms with Crippen LogP contribution in [0.3, 0.4) is 0 Å². The molecule has 0 aromatic rings. The predicted molar refractivity (Wildman–Crippen MR) is 54.1 cm³/mol. The number of ketones is 1. The van der Waals surface area contributed by atoms with Crippen LogP contribution in [-0.2, 0) is 9.63 Å². The number of hydrogen-bond donors (Lipinski definition) is 0. The summed E-state index contributed by atoms with van der Waals surface area (Å²) in [6.07, 6.45) is 2.06. The second-order valence-electron chi connectivity index (χ2n) is 5.13. The van der Waals surface area contributed by atoms with Crippen LogP contribution in [0.2, 0.25) is 0 Å². The van der Waals surface area contributed by atoms with Gasteiger partial charge in [0.15, 0.2) is 5.78 Å². The van der Waals surface area contributed by atoms with Crippen LogP contribution in [0.15, 0.2) is 5.16 Å². The van der Waals surface area contributed by atoms with E-state index >= 15 is 0 Å². The van der Waals surface area contributed by atoms with Crippen molar-refractivity contribution < 1.29 is 9.63 Å². The Balaban J connectivity index is 2.49. The first kappa shape index (κ1) is 9.69. The average molecular weight is 195 g/mol. The van der Waals surface area contributed by atoms with Crippen molar-refractivity contribution in [3.63, 3.8) is 0 Å². The van der Waals surface area contributed by atoms with Gasteiger partial charge in [-0.05, 0) is 18.3 Å². The van der Waals surface area contributed by atoms with Crippen LogP contribution in [0.25, 0.3) is 0 Å². The second kappa shape index (κ2) is 2.59. The molecule has 2 aliphatic rings. The highest BCUT2D eigenvalue weighted by molar-refractivity contribution is 6.45. The van der Waals surface area contributed by atoms with Gasteiger partial charge in [0, 0.05) is 11.3 Å². The van der Waals surface area contributed by atoms with Crippen LogP contribution in [0, 0.1) is 16.7 Å². The summed E-state index contributed by atoms with van der Waals surface area (Å²) < 4.78 is 0. The van der Waals surface area contributed by atoms with Gasteiger partial charge in [0.25, 0.3) is 0 Å². The molecule has 2 atom stereocenters. The summed E-state index contributed by atoms with van der Waals surface area (Å²) >= 11 is 0. The molecule has 0 N–H and O–H groups in total. The van der Waals surface area contributed by atoms with Crippen molar-refractivity contribution >= 4 is 11.5 Å². The summed E-state index contributed by atoms with van der Waals surface area (Å²) in [4.78, 5) is 16.8. The van der Waals surface area contributed by atoms with Crippen molar-refractivity contribution in [2.45, 2.75) is 33.6 Å². The molecule has 0 spiro atoms. The maximum Gasteiger partial charge on any atom is 0.187 e. The van der Waals surface area contributed by atoms with E-state index in [-0.39, 0.29) is 16.6 Å². The lowest BCUT2D eigenvalue weighted by Gasteiger charge is -2.31. The van der Waals surface area contributed by atoms with Gasteiger partial charge in [0.2, 0.25) is 0 Å². The molecule has 0 saturated heterocycles. The molecule has 2 unspecified atom stereocenters. The Bertz CT molecular complexity index is 319. The summed E-state index contributed by atoms with van der Waals surface area (Å²) in [5.41, 5.74) is 0.488. The van der Waals surface area contributed by atoms with E-state index in [0.717, 1.165) is 12.8 Å². The second-order valence-corrected chi connectivity index (χ2v) is 5.13. The number of nitrogens with zero attached hydrogens (tertiary/aromatic N) is 1. The highest BCUT2D eigenvalue weighted by atomic mass is 16.6. The van der Waals surface area contributed by atoms with Gasteiger partial charge in [-0.15, -0.1) is 0 Å². The number of Topliss-reactive ketones (excluding diaryl/α,β-unsaturated/α-hetero) is 1. The highest BCUT2D eigenvalue weighted by Gasteiger charge is 2.65. The molecule has 0 aliphatic heterocycles. The summed E-state index contributed by atoms with van der Waals surface area (Å²) in [6, 6.07) is 0. The third-order valence-electron chi connectivity index (χ3n) is 4.48. The summed E-state index contributed by atoms with van der Waals surface area (Å²) in [7, 11) is 1.50. The summed E-state index contributed by atoms with van der Waals surface area (Å²) in [5, 5.41) is 3.90. The van der Waals surface area contributed by atoms with E-state index in [1.165, 1.54) is 7.11 Å². The maximum atomic E-state index is 12.1. The number of hydrogen-bond acceptors (Lipinski definition) is 3. The molecule has 78 valence electrons. The Labute approximate surface area is 84.5 Å². The van der Waals surface area contributed by atoms with E-state index in [1.54, 1.807) is 0 Å². The molecule has 2 bridgehead atoms. The minimum Gasteiger partial charge on any atom is -0.399 e. The zero-order valence-corrected chi connectivity index (χ0v) is 9.26. The van der Waals surface area contributed by atoms with E-state index in [4.69, 9.17) is 4.84 Å². The number of rotatable bonds is 1. The minimum absolute atomic E-state index is 0.0431. The smallest absolute Gasteiger partial charge is 0.187 e. The van der Waals surface area contributed by atoms with E-state index in [9.17, 15) is 4.79 Å².